The molecule has 1 heterocycles. The number of hydrogen-bond acceptors (Lipinski definition) is 1. The number of nitrogens with zero attached hydrogens (tertiary/aromatic N) is 1. The van der Waals surface area contributed by atoms with E-state index in [1.165, 1.54) is 6.07 Å². The van der Waals surface area contributed by atoms with Crippen LogP contribution in [0.5, 0.6) is 0 Å². The van der Waals surface area contributed by atoms with E-state index in [-0.39, 0.29) is 12.2 Å². The number of carbonyl (C=O) groups is 1. The van der Waals surface area contributed by atoms with Crippen molar-refractivity contribution in [2.75, 3.05) is 0 Å². The maximum atomic E-state index is 13.6. The number of carbonyl (C=O) groups excluding carboxylic acids is 1. The quantitative estimate of drug-likeness (QED) is 0.822. The van der Waals surface area contributed by atoms with E-state index in [9.17, 15) is 9.18 Å². The number of hydrogen-bond donors (Lipinski definition) is 1. The number of aryl methyl sites for hydroxylation is 1. The second kappa shape index (κ2) is 3.63. The van der Waals surface area contributed by atoms with E-state index in [4.69, 9.17) is 5.73 Å². The Morgan fingerprint density at radius 2 is 2.19 bits per heavy atom. The molecule has 0 atom stereocenters. The number of rotatable bonds is 2. The molecule has 2 aromatic rings. The van der Waals surface area contributed by atoms with Gasteiger partial charge in [-0.2, -0.15) is 0 Å². The van der Waals surface area contributed by atoms with E-state index in [1.807, 2.05) is 13.0 Å². The maximum absolute atomic E-state index is 13.6. The topological polar surface area (TPSA) is 48.0 Å². The van der Waals surface area contributed by atoms with Crippen LogP contribution in [0.15, 0.2) is 18.2 Å². The summed E-state index contributed by atoms with van der Waals surface area (Å²) in [6, 6.07) is 4.86. The molecular formula is C12H13FN2O. The SMILES string of the molecule is Cc1c(CC(N)=O)c2cccc(F)c2n1C. The first-order valence-electron chi connectivity index (χ1n) is 5.03. The molecule has 0 aliphatic heterocycles. The summed E-state index contributed by atoms with van der Waals surface area (Å²) in [4.78, 5) is 11.0. The smallest absolute Gasteiger partial charge is 0.221 e. The molecule has 0 saturated heterocycles. The van der Waals surface area contributed by atoms with E-state index in [2.05, 4.69) is 0 Å². The van der Waals surface area contributed by atoms with Crippen molar-refractivity contribution < 1.29 is 9.18 Å². The Bertz CT molecular complexity index is 572. The van der Waals surface area contributed by atoms with Crippen molar-refractivity contribution in [1.82, 2.24) is 4.57 Å². The summed E-state index contributed by atoms with van der Waals surface area (Å²) >= 11 is 0. The number of fused-ring (bicyclic) bond motifs is 1. The molecule has 0 bridgehead atoms. The summed E-state index contributed by atoms with van der Waals surface area (Å²) in [5.74, 6) is -0.682. The van der Waals surface area contributed by atoms with Crippen molar-refractivity contribution in [1.29, 1.82) is 0 Å². The van der Waals surface area contributed by atoms with Gasteiger partial charge in [-0.05, 0) is 18.6 Å². The molecular weight excluding hydrogens is 207 g/mol. The third kappa shape index (κ3) is 1.46. The van der Waals surface area contributed by atoms with Crippen molar-refractivity contribution in [2.24, 2.45) is 12.8 Å². The molecule has 16 heavy (non-hydrogen) atoms. The fourth-order valence-corrected chi connectivity index (χ4v) is 2.06. The van der Waals surface area contributed by atoms with Crippen LogP contribution in [0.2, 0.25) is 0 Å². The molecule has 0 saturated carbocycles. The molecule has 0 radical (unpaired) electrons. The zero-order valence-electron chi connectivity index (χ0n) is 9.25. The highest BCUT2D eigenvalue weighted by Gasteiger charge is 2.15. The third-order valence-electron chi connectivity index (χ3n) is 2.94. The van der Waals surface area contributed by atoms with Crippen molar-refractivity contribution in [3.63, 3.8) is 0 Å². The van der Waals surface area contributed by atoms with Crippen LogP contribution in [0.1, 0.15) is 11.3 Å². The van der Waals surface area contributed by atoms with Gasteiger partial charge < -0.3 is 10.3 Å². The van der Waals surface area contributed by atoms with Crippen molar-refractivity contribution in [3.8, 4) is 0 Å². The van der Waals surface area contributed by atoms with Gasteiger partial charge in [0.1, 0.15) is 5.82 Å². The first-order chi connectivity index (χ1) is 7.52. The summed E-state index contributed by atoms with van der Waals surface area (Å²) in [6.07, 6.45) is 0.145. The Balaban J connectivity index is 2.79. The van der Waals surface area contributed by atoms with Crippen molar-refractivity contribution in [3.05, 3.63) is 35.3 Å². The van der Waals surface area contributed by atoms with E-state index in [0.717, 1.165) is 16.6 Å². The summed E-state index contributed by atoms with van der Waals surface area (Å²) in [5.41, 5.74) is 7.40. The zero-order valence-corrected chi connectivity index (χ0v) is 9.25. The van der Waals surface area contributed by atoms with Crippen LogP contribution in [-0.4, -0.2) is 10.5 Å². The van der Waals surface area contributed by atoms with Crippen molar-refractivity contribution >= 4 is 16.8 Å². The van der Waals surface area contributed by atoms with Gasteiger partial charge in [0.15, 0.2) is 0 Å². The Morgan fingerprint density at radius 3 is 2.81 bits per heavy atom. The largest absolute Gasteiger partial charge is 0.369 e. The van der Waals surface area contributed by atoms with E-state index in [1.54, 1.807) is 17.7 Å². The van der Waals surface area contributed by atoms with E-state index < -0.39 is 5.91 Å². The number of benzene rings is 1. The summed E-state index contributed by atoms with van der Waals surface area (Å²) in [6.45, 7) is 1.86. The second-order valence-electron chi connectivity index (χ2n) is 3.90. The van der Waals surface area contributed by atoms with Crippen LogP contribution >= 0.6 is 0 Å². The van der Waals surface area contributed by atoms with Gasteiger partial charge in [-0.25, -0.2) is 4.39 Å². The van der Waals surface area contributed by atoms with Crippen LogP contribution in [0.3, 0.4) is 0 Å². The minimum absolute atomic E-state index is 0.145. The molecule has 4 heteroatoms. The molecule has 0 aliphatic rings. The molecule has 2 rings (SSSR count). The molecule has 1 aromatic carbocycles. The van der Waals surface area contributed by atoms with Gasteiger partial charge in [0.25, 0.3) is 0 Å². The summed E-state index contributed by atoms with van der Waals surface area (Å²) in [7, 11) is 1.78. The maximum Gasteiger partial charge on any atom is 0.221 e. The lowest BCUT2D eigenvalue weighted by molar-refractivity contribution is -0.117. The van der Waals surface area contributed by atoms with Crippen molar-refractivity contribution in [2.45, 2.75) is 13.3 Å². The number of amides is 1. The normalized spacial score (nSPS) is 10.9. The lowest BCUT2D eigenvalue weighted by atomic mass is 10.1. The van der Waals surface area contributed by atoms with E-state index in [0.29, 0.717) is 5.52 Å². The highest BCUT2D eigenvalue weighted by atomic mass is 19.1. The minimum atomic E-state index is -0.403. The summed E-state index contributed by atoms with van der Waals surface area (Å²) < 4.78 is 15.4. The molecule has 0 aliphatic carbocycles. The number of aromatic nitrogens is 1. The first kappa shape index (κ1) is 10.7. The Hall–Kier alpha value is -1.84. The highest BCUT2D eigenvalue weighted by molar-refractivity contribution is 5.90. The lowest BCUT2D eigenvalue weighted by Crippen LogP contribution is -2.14. The van der Waals surface area contributed by atoms with Gasteiger partial charge in [0, 0.05) is 18.1 Å². The number of para-hydroxylation sites is 1. The lowest BCUT2D eigenvalue weighted by Gasteiger charge is -1.99. The first-order valence-corrected chi connectivity index (χ1v) is 5.03. The van der Waals surface area contributed by atoms with Crippen LogP contribution in [0.25, 0.3) is 10.9 Å². The summed E-state index contributed by atoms with van der Waals surface area (Å²) in [5, 5.41) is 0.763. The molecule has 0 fully saturated rings. The van der Waals surface area contributed by atoms with Crippen LogP contribution in [0, 0.1) is 12.7 Å². The third-order valence-corrected chi connectivity index (χ3v) is 2.94. The molecule has 0 unspecified atom stereocenters. The zero-order chi connectivity index (χ0) is 11.9. The molecule has 84 valence electrons. The highest BCUT2D eigenvalue weighted by Crippen LogP contribution is 2.27. The molecule has 2 N–H and O–H groups in total. The Labute approximate surface area is 92.7 Å². The molecule has 1 aromatic heterocycles. The average molecular weight is 220 g/mol. The van der Waals surface area contributed by atoms with Crippen LogP contribution in [0.4, 0.5) is 4.39 Å². The van der Waals surface area contributed by atoms with Crippen LogP contribution in [-0.2, 0) is 18.3 Å². The molecule has 1 amide bonds. The fourth-order valence-electron chi connectivity index (χ4n) is 2.06. The number of nitrogens with two attached hydrogens (primary N) is 1. The Morgan fingerprint density at radius 1 is 1.50 bits per heavy atom. The predicted octanol–water partition coefficient (Wildman–Crippen LogP) is 1.65. The monoisotopic (exact) mass is 220 g/mol. The Kier molecular flexibility index (Phi) is 2.42. The minimum Gasteiger partial charge on any atom is -0.369 e. The number of primary amides is 1. The van der Waals surface area contributed by atoms with Gasteiger partial charge in [0.05, 0.1) is 11.9 Å². The predicted molar refractivity (Wildman–Crippen MR) is 60.5 cm³/mol. The second-order valence-corrected chi connectivity index (χ2v) is 3.90. The molecule has 3 nitrogen and oxygen atoms in total. The van der Waals surface area contributed by atoms with E-state index >= 15 is 0 Å². The standard InChI is InChI=1S/C12H13FN2O/c1-7-9(6-11(14)16)8-4-3-5-10(13)12(8)15(7)2/h3-5H,6H2,1-2H3,(H2,14,16). The fraction of sp³-hybridized carbons (Fsp3) is 0.250. The van der Waals surface area contributed by atoms with Gasteiger partial charge in [-0.3, -0.25) is 4.79 Å². The molecule has 0 spiro atoms. The van der Waals surface area contributed by atoms with Gasteiger partial charge in [0.2, 0.25) is 5.91 Å². The van der Waals surface area contributed by atoms with Gasteiger partial charge in [-0.1, -0.05) is 12.1 Å². The van der Waals surface area contributed by atoms with Crippen LogP contribution < -0.4 is 5.73 Å². The number of halogens is 1. The van der Waals surface area contributed by atoms with Gasteiger partial charge in [-0.15, -0.1) is 0 Å². The average Bonchev–Trinajstić information content (AvgIpc) is 2.44. The van der Waals surface area contributed by atoms with Gasteiger partial charge >= 0.3 is 0 Å².